The Hall–Kier alpha value is -1.61. The van der Waals surface area contributed by atoms with E-state index in [2.05, 4.69) is 11.6 Å². The van der Waals surface area contributed by atoms with E-state index >= 15 is 0 Å². The lowest BCUT2D eigenvalue weighted by atomic mass is 10.1. The monoisotopic (exact) mass is 174 g/mol. The third-order valence-electron chi connectivity index (χ3n) is 2.03. The van der Waals surface area contributed by atoms with Crippen LogP contribution in [0.3, 0.4) is 0 Å². The highest BCUT2D eigenvalue weighted by molar-refractivity contribution is 6.05. The molecule has 0 aromatic heterocycles. The van der Waals surface area contributed by atoms with Crippen LogP contribution >= 0.6 is 0 Å². The molecule has 0 aliphatic carbocycles. The molecule has 1 aliphatic rings. The Kier molecular flexibility index (Phi) is 1.87. The molecule has 1 aromatic rings. The normalized spacial score (nSPS) is 14.8. The molecule has 2 rings (SSSR count). The topological polar surface area (TPSA) is 35.8 Å². The number of fused-ring (bicyclic) bond motifs is 1. The van der Waals surface area contributed by atoms with Crippen LogP contribution in [-0.2, 0) is 6.54 Å². The maximum Gasteiger partial charge on any atom is 0.152 e. The van der Waals surface area contributed by atoms with Gasteiger partial charge in [0.2, 0.25) is 0 Å². The highest BCUT2D eigenvalue weighted by atomic mass is 16.5. The quantitative estimate of drug-likeness (QED) is 0.706. The van der Waals surface area contributed by atoms with E-state index in [0.717, 1.165) is 16.3 Å². The second-order valence-corrected chi connectivity index (χ2v) is 2.82. The van der Waals surface area contributed by atoms with Crippen molar-refractivity contribution >= 4 is 11.5 Å². The Bertz CT molecular complexity index is 371. The number of para-hydroxylation sites is 1. The maximum atomic E-state index is 9.65. The fourth-order valence-corrected chi connectivity index (χ4v) is 1.36. The average molecular weight is 174 g/mol. The summed E-state index contributed by atoms with van der Waals surface area (Å²) in [5.41, 5.74) is 1.81. The third kappa shape index (κ3) is 1.23. The van der Waals surface area contributed by atoms with E-state index in [9.17, 15) is 5.21 Å². The standard InChI is InChI=1S/C10H10N2O/c1-2-10-11-7-8-5-3-4-6-9(8)12(10)13/h2-6,13H,1,7H2. The molecule has 0 saturated carbocycles. The number of benzene rings is 1. The van der Waals surface area contributed by atoms with Gasteiger partial charge in [-0.25, -0.2) is 5.06 Å². The van der Waals surface area contributed by atoms with E-state index in [4.69, 9.17) is 0 Å². The molecule has 0 atom stereocenters. The van der Waals surface area contributed by atoms with Crippen LogP contribution < -0.4 is 5.06 Å². The molecule has 1 N–H and O–H groups in total. The van der Waals surface area contributed by atoms with Crippen molar-refractivity contribution in [2.75, 3.05) is 5.06 Å². The predicted molar refractivity (Wildman–Crippen MR) is 52.0 cm³/mol. The summed E-state index contributed by atoms with van der Waals surface area (Å²) >= 11 is 0. The number of anilines is 1. The minimum absolute atomic E-state index is 0.499. The summed E-state index contributed by atoms with van der Waals surface area (Å²) in [6.45, 7) is 4.18. The number of aliphatic imine (C=N–C) groups is 1. The van der Waals surface area contributed by atoms with E-state index in [1.54, 1.807) is 0 Å². The van der Waals surface area contributed by atoms with Crippen molar-refractivity contribution in [3.05, 3.63) is 42.5 Å². The Morgan fingerprint density at radius 1 is 1.46 bits per heavy atom. The molecule has 1 aliphatic heterocycles. The number of hydroxylamine groups is 1. The zero-order valence-electron chi connectivity index (χ0n) is 7.14. The van der Waals surface area contributed by atoms with E-state index in [1.807, 2.05) is 24.3 Å². The summed E-state index contributed by atoms with van der Waals surface area (Å²) < 4.78 is 0. The van der Waals surface area contributed by atoms with Crippen LogP contribution in [0.15, 0.2) is 41.9 Å². The first-order chi connectivity index (χ1) is 6.33. The molecular weight excluding hydrogens is 164 g/mol. The van der Waals surface area contributed by atoms with E-state index in [-0.39, 0.29) is 0 Å². The van der Waals surface area contributed by atoms with Crippen molar-refractivity contribution in [2.24, 2.45) is 4.99 Å². The molecule has 66 valence electrons. The lowest BCUT2D eigenvalue weighted by molar-refractivity contribution is 0.310. The van der Waals surface area contributed by atoms with E-state index in [0.29, 0.717) is 12.4 Å². The smallest absolute Gasteiger partial charge is 0.152 e. The Morgan fingerprint density at radius 2 is 2.23 bits per heavy atom. The van der Waals surface area contributed by atoms with Gasteiger partial charge in [0.25, 0.3) is 0 Å². The molecule has 1 aromatic carbocycles. The molecule has 0 saturated heterocycles. The van der Waals surface area contributed by atoms with Gasteiger partial charge in [-0.3, -0.25) is 10.2 Å². The molecule has 3 heteroatoms. The number of amidine groups is 1. The first kappa shape index (κ1) is 8.01. The minimum atomic E-state index is 0.499. The highest BCUT2D eigenvalue weighted by Crippen LogP contribution is 2.24. The van der Waals surface area contributed by atoms with Crippen LogP contribution in [0.25, 0.3) is 0 Å². The number of hydrogen-bond donors (Lipinski definition) is 1. The van der Waals surface area contributed by atoms with E-state index < -0.39 is 0 Å². The summed E-state index contributed by atoms with van der Waals surface area (Å²) in [6, 6.07) is 7.62. The van der Waals surface area contributed by atoms with Crippen LogP contribution in [0.2, 0.25) is 0 Å². The molecule has 0 spiro atoms. The van der Waals surface area contributed by atoms with Gasteiger partial charge in [-0.2, -0.15) is 0 Å². The van der Waals surface area contributed by atoms with Crippen LogP contribution in [0.1, 0.15) is 5.56 Å². The zero-order chi connectivity index (χ0) is 9.26. The molecule has 3 nitrogen and oxygen atoms in total. The van der Waals surface area contributed by atoms with Crippen molar-refractivity contribution in [3.63, 3.8) is 0 Å². The first-order valence-corrected chi connectivity index (χ1v) is 4.06. The van der Waals surface area contributed by atoms with E-state index in [1.165, 1.54) is 6.08 Å². The van der Waals surface area contributed by atoms with Crippen LogP contribution in [-0.4, -0.2) is 11.0 Å². The minimum Gasteiger partial charge on any atom is -0.282 e. The molecule has 0 fully saturated rings. The van der Waals surface area contributed by atoms with Gasteiger partial charge in [0.1, 0.15) is 0 Å². The van der Waals surface area contributed by atoms with Crippen molar-refractivity contribution in [3.8, 4) is 0 Å². The van der Waals surface area contributed by atoms with Gasteiger partial charge in [-0.05, 0) is 17.7 Å². The summed E-state index contributed by atoms with van der Waals surface area (Å²) in [5.74, 6) is 0.499. The summed E-state index contributed by atoms with van der Waals surface area (Å²) in [5, 5.41) is 10.7. The predicted octanol–water partition coefficient (Wildman–Crippen LogP) is 1.98. The third-order valence-corrected chi connectivity index (χ3v) is 2.03. The number of hydrogen-bond acceptors (Lipinski definition) is 3. The average Bonchev–Trinajstić information content (AvgIpc) is 2.19. The molecule has 0 unspecified atom stereocenters. The largest absolute Gasteiger partial charge is 0.282 e. The lowest BCUT2D eigenvalue weighted by Crippen LogP contribution is -2.29. The fourth-order valence-electron chi connectivity index (χ4n) is 1.36. The first-order valence-electron chi connectivity index (χ1n) is 4.06. The van der Waals surface area contributed by atoms with Gasteiger partial charge >= 0.3 is 0 Å². The van der Waals surface area contributed by atoms with Gasteiger partial charge < -0.3 is 0 Å². The molecule has 1 heterocycles. The summed E-state index contributed by atoms with van der Waals surface area (Å²) in [7, 11) is 0. The van der Waals surface area contributed by atoms with Crippen molar-refractivity contribution in [1.82, 2.24) is 0 Å². The molecular formula is C10H10N2O. The number of rotatable bonds is 1. The Morgan fingerprint density at radius 3 is 3.00 bits per heavy atom. The molecule has 0 bridgehead atoms. The Labute approximate surface area is 76.6 Å². The van der Waals surface area contributed by atoms with Crippen molar-refractivity contribution in [1.29, 1.82) is 0 Å². The van der Waals surface area contributed by atoms with Gasteiger partial charge in [0.15, 0.2) is 5.84 Å². The fraction of sp³-hybridized carbons (Fsp3) is 0.100. The van der Waals surface area contributed by atoms with Crippen molar-refractivity contribution < 1.29 is 5.21 Å². The van der Waals surface area contributed by atoms with Crippen molar-refractivity contribution in [2.45, 2.75) is 6.54 Å². The maximum absolute atomic E-state index is 9.65. The summed E-state index contributed by atoms with van der Waals surface area (Å²) in [6.07, 6.45) is 1.54. The van der Waals surface area contributed by atoms with Gasteiger partial charge in [-0.15, -0.1) is 0 Å². The molecule has 0 radical (unpaired) electrons. The lowest BCUT2D eigenvalue weighted by Gasteiger charge is -2.23. The second kappa shape index (κ2) is 3.03. The number of nitrogens with zero attached hydrogens (tertiary/aromatic N) is 2. The summed E-state index contributed by atoms with van der Waals surface area (Å²) in [4.78, 5) is 4.14. The van der Waals surface area contributed by atoms with Crippen LogP contribution in [0, 0.1) is 0 Å². The zero-order valence-corrected chi connectivity index (χ0v) is 7.14. The molecule has 0 amide bonds. The second-order valence-electron chi connectivity index (χ2n) is 2.82. The highest BCUT2D eigenvalue weighted by Gasteiger charge is 2.16. The van der Waals surface area contributed by atoms with Crippen LogP contribution in [0.5, 0.6) is 0 Å². The van der Waals surface area contributed by atoms with Crippen LogP contribution in [0.4, 0.5) is 5.69 Å². The Balaban J connectivity index is 2.46. The SMILES string of the molecule is C=CC1=NCc2ccccc2N1O. The molecule has 13 heavy (non-hydrogen) atoms. The van der Waals surface area contributed by atoms with Gasteiger partial charge in [0.05, 0.1) is 12.2 Å². The van der Waals surface area contributed by atoms with Gasteiger partial charge in [-0.1, -0.05) is 24.8 Å². The van der Waals surface area contributed by atoms with Gasteiger partial charge in [0, 0.05) is 0 Å².